The highest BCUT2D eigenvalue weighted by Gasteiger charge is 2.21. The van der Waals surface area contributed by atoms with Crippen LogP contribution in [0.1, 0.15) is 20.8 Å². The predicted molar refractivity (Wildman–Crippen MR) is 89.8 cm³/mol. The molecule has 0 N–H and O–H groups in total. The van der Waals surface area contributed by atoms with E-state index in [9.17, 15) is 8.42 Å². The van der Waals surface area contributed by atoms with Gasteiger partial charge in [-0.15, -0.1) is 0 Å². The van der Waals surface area contributed by atoms with Crippen molar-refractivity contribution in [2.24, 2.45) is 0 Å². The Labute approximate surface area is 145 Å². The first-order valence-corrected chi connectivity index (χ1v) is 9.58. The third-order valence-electron chi connectivity index (χ3n) is 2.40. The van der Waals surface area contributed by atoms with Gasteiger partial charge >= 0.3 is 0 Å². The van der Waals surface area contributed by atoms with E-state index in [1.807, 2.05) is 0 Å². The molecular formula is C15H32O8S. The van der Waals surface area contributed by atoms with Crippen molar-refractivity contribution >= 4 is 10.1 Å². The topological polar surface area (TPSA) is 89.5 Å². The number of hydrogen-bond donors (Lipinski definition) is 0. The molecule has 24 heavy (non-hydrogen) atoms. The fourth-order valence-corrected chi connectivity index (χ4v) is 2.65. The zero-order chi connectivity index (χ0) is 18.3. The highest BCUT2D eigenvalue weighted by molar-refractivity contribution is 7.86. The van der Waals surface area contributed by atoms with Gasteiger partial charge in [-0.2, -0.15) is 8.42 Å². The van der Waals surface area contributed by atoms with E-state index in [1.54, 1.807) is 27.9 Å². The minimum Gasteiger partial charge on any atom is -0.382 e. The number of methoxy groups -OCH3 is 1. The minimum absolute atomic E-state index is 0.0804. The average Bonchev–Trinajstić information content (AvgIpc) is 2.45. The summed E-state index contributed by atoms with van der Waals surface area (Å²) in [6.45, 7) is 8.95. The monoisotopic (exact) mass is 372 g/mol. The molecule has 146 valence electrons. The second-order valence-electron chi connectivity index (χ2n) is 5.90. The number of rotatable bonds is 16. The Balaban J connectivity index is 3.31. The average molecular weight is 372 g/mol. The van der Waals surface area contributed by atoms with Crippen LogP contribution in [0.25, 0.3) is 0 Å². The van der Waals surface area contributed by atoms with Crippen molar-refractivity contribution in [2.45, 2.75) is 26.4 Å². The molecule has 0 radical (unpaired) electrons. The van der Waals surface area contributed by atoms with Crippen LogP contribution in [0.15, 0.2) is 0 Å². The molecular weight excluding hydrogens is 340 g/mol. The van der Waals surface area contributed by atoms with Gasteiger partial charge in [0.1, 0.15) is 0 Å². The maximum atomic E-state index is 11.6. The lowest BCUT2D eigenvalue weighted by molar-refractivity contribution is -0.00679. The molecule has 0 heterocycles. The van der Waals surface area contributed by atoms with E-state index >= 15 is 0 Å². The van der Waals surface area contributed by atoms with Crippen LogP contribution in [0.2, 0.25) is 0 Å². The lowest BCUT2D eigenvalue weighted by Crippen LogP contribution is -2.27. The second kappa shape index (κ2) is 13.9. The molecule has 0 atom stereocenters. The van der Waals surface area contributed by atoms with Crippen molar-refractivity contribution in [3.05, 3.63) is 0 Å². The highest BCUT2D eigenvalue weighted by Crippen LogP contribution is 2.11. The molecule has 0 aromatic heterocycles. The zero-order valence-electron chi connectivity index (χ0n) is 15.2. The summed E-state index contributed by atoms with van der Waals surface area (Å²) >= 11 is 0. The molecule has 0 aliphatic carbocycles. The molecule has 0 saturated carbocycles. The SMILES string of the molecule is COCCOCCOCCOCCOCCS(=O)(=O)OC(C)(C)C. The van der Waals surface area contributed by atoms with Crippen molar-refractivity contribution in [1.29, 1.82) is 0 Å². The fraction of sp³-hybridized carbons (Fsp3) is 1.00. The molecule has 0 spiro atoms. The summed E-state index contributed by atoms with van der Waals surface area (Å²) in [6.07, 6.45) is 0. The third kappa shape index (κ3) is 18.1. The molecule has 0 unspecified atom stereocenters. The van der Waals surface area contributed by atoms with Crippen LogP contribution in [0.5, 0.6) is 0 Å². The summed E-state index contributed by atoms with van der Waals surface area (Å²) in [5.41, 5.74) is -0.725. The molecule has 0 aromatic carbocycles. The van der Waals surface area contributed by atoms with Crippen molar-refractivity contribution in [3.63, 3.8) is 0 Å². The predicted octanol–water partition coefficient (Wildman–Crippen LogP) is 0.844. The van der Waals surface area contributed by atoms with Crippen molar-refractivity contribution in [2.75, 3.05) is 72.3 Å². The van der Waals surface area contributed by atoms with Gasteiger partial charge in [0.15, 0.2) is 0 Å². The van der Waals surface area contributed by atoms with E-state index in [0.717, 1.165) is 0 Å². The lowest BCUT2D eigenvalue weighted by Gasteiger charge is -2.18. The first-order valence-electron chi connectivity index (χ1n) is 8.00. The quantitative estimate of drug-likeness (QED) is 0.291. The molecule has 0 bridgehead atoms. The van der Waals surface area contributed by atoms with Gasteiger partial charge in [0, 0.05) is 7.11 Å². The summed E-state index contributed by atoms with van der Waals surface area (Å²) in [6, 6.07) is 0. The summed E-state index contributed by atoms with van der Waals surface area (Å²) in [5, 5.41) is 0. The Kier molecular flexibility index (Phi) is 13.8. The van der Waals surface area contributed by atoms with Crippen LogP contribution < -0.4 is 0 Å². The fourth-order valence-electron chi connectivity index (χ4n) is 1.49. The van der Waals surface area contributed by atoms with Gasteiger partial charge in [0.25, 0.3) is 10.1 Å². The molecule has 0 rings (SSSR count). The molecule has 0 aliphatic heterocycles. The Morgan fingerprint density at radius 2 is 1.04 bits per heavy atom. The Morgan fingerprint density at radius 1 is 0.667 bits per heavy atom. The minimum atomic E-state index is -3.56. The third-order valence-corrected chi connectivity index (χ3v) is 3.82. The van der Waals surface area contributed by atoms with Gasteiger partial charge in [-0.05, 0) is 20.8 Å². The van der Waals surface area contributed by atoms with E-state index in [1.165, 1.54) is 0 Å². The first kappa shape index (κ1) is 23.7. The Morgan fingerprint density at radius 3 is 1.42 bits per heavy atom. The normalized spacial score (nSPS) is 12.7. The van der Waals surface area contributed by atoms with Gasteiger partial charge in [-0.1, -0.05) is 0 Å². The molecule has 0 saturated heterocycles. The summed E-state index contributed by atoms with van der Waals surface area (Å²) in [7, 11) is -1.94. The summed E-state index contributed by atoms with van der Waals surface area (Å²) in [5.74, 6) is -0.170. The maximum absolute atomic E-state index is 11.6. The van der Waals surface area contributed by atoms with Crippen LogP contribution in [0.4, 0.5) is 0 Å². The summed E-state index contributed by atoms with van der Waals surface area (Å²) < 4.78 is 54.1. The van der Waals surface area contributed by atoms with Crippen LogP contribution in [0.3, 0.4) is 0 Å². The number of ether oxygens (including phenoxy) is 5. The highest BCUT2D eigenvalue weighted by atomic mass is 32.2. The van der Waals surface area contributed by atoms with E-state index in [2.05, 4.69) is 0 Å². The Bertz CT molecular complexity index is 377. The first-order chi connectivity index (χ1) is 11.3. The van der Waals surface area contributed by atoms with Gasteiger partial charge in [-0.3, -0.25) is 4.18 Å². The number of hydrogen-bond acceptors (Lipinski definition) is 8. The molecule has 9 heteroatoms. The molecule has 8 nitrogen and oxygen atoms in total. The smallest absolute Gasteiger partial charge is 0.270 e. The van der Waals surface area contributed by atoms with E-state index in [0.29, 0.717) is 52.9 Å². The lowest BCUT2D eigenvalue weighted by atomic mass is 10.2. The van der Waals surface area contributed by atoms with E-state index in [4.69, 9.17) is 27.9 Å². The van der Waals surface area contributed by atoms with Crippen molar-refractivity contribution < 1.29 is 36.3 Å². The van der Waals surface area contributed by atoms with Crippen LogP contribution in [0, 0.1) is 0 Å². The van der Waals surface area contributed by atoms with Crippen molar-refractivity contribution in [1.82, 2.24) is 0 Å². The van der Waals surface area contributed by atoms with Crippen molar-refractivity contribution in [3.8, 4) is 0 Å². The van der Waals surface area contributed by atoms with Gasteiger partial charge < -0.3 is 23.7 Å². The Hall–Kier alpha value is -0.290. The van der Waals surface area contributed by atoms with Crippen LogP contribution in [-0.4, -0.2) is 86.3 Å². The standard InChI is InChI=1S/C15H32O8S/c1-15(2,3)23-24(16,17)14-13-22-12-11-21-10-9-20-8-7-19-6-5-18-4/h5-14H2,1-4H3. The van der Waals surface area contributed by atoms with E-state index < -0.39 is 15.7 Å². The molecule has 0 amide bonds. The second-order valence-corrected chi connectivity index (χ2v) is 7.59. The van der Waals surface area contributed by atoms with Gasteiger partial charge in [-0.25, -0.2) is 0 Å². The van der Waals surface area contributed by atoms with Gasteiger partial charge in [0.05, 0.1) is 70.8 Å². The van der Waals surface area contributed by atoms with Gasteiger partial charge in [0.2, 0.25) is 0 Å². The van der Waals surface area contributed by atoms with Crippen LogP contribution in [-0.2, 0) is 38.0 Å². The molecule has 0 aromatic rings. The van der Waals surface area contributed by atoms with E-state index in [-0.39, 0.29) is 12.4 Å². The zero-order valence-corrected chi connectivity index (χ0v) is 16.1. The maximum Gasteiger partial charge on any atom is 0.270 e. The molecule has 0 aliphatic rings. The summed E-state index contributed by atoms with van der Waals surface area (Å²) in [4.78, 5) is 0. The molecule has 0 fully saturated rings. The van der Waals surface area contributed by atoms with Crippen LogP contribution >= 0.6 is 0 Å². The largest absolute Gasteiger partial charge is 0.382 e.